The van der Waals surface area contributed by atoms with Crippen molar-refractivity contribution < 1.29 is 18.0 Å². The average molecular weight is 352 g/mol. The highest BCUT2D eigenvalue weighted by molar-refractivity contribution is 7.90. The van der Waals surface area contributed by atoms with Gasteiger partial charge >= 0.3 is 0 Å². The highest BCUT2D eigenvalue weighted by atomic mass is 32.2. The van der Waals surface area contributed by atoms with Crippen LogP contribution in [0.5, 0.6) is 0 Å². The fraction of sp³-hybridized carbons (Fsp3) is 0.529. The smallest absolute Gasteiger partial charge is 0.253 e. The standard InChI is InChI=1S/C17H24N2O4S/c1-13(2)12-16(20)18-8-10-19(11-9-18)17(21)14-4-6-15(7-5-14)24(3,22)23/h4-7,13H,8-12H2,1-3H3. The van der Waals surface area contributed by atoms with Crippen molar-refractivity contribution in [2.24, 2.45) is 5.92 Å². The fourth-order valence-electron chi connectivity index (χ4n) is 2.66. The summed E-state index contributed by atoms with van der Waals surface area (Å²) in [5.41, 5.74) is 0.462. The van der Waals surface area contributed by atoms with Gasteiger partial charge in [-0.1, -0.05) is 13.8 Å². The zero-order valence-electron chi connectivity index (χ0n) is 14.4. The van der Waals surface area contributed by atoms with Gasteiger partial charge in [-0.3, -0.25) is 9.59 Å². The molecule has 0 atom stereocenters. The van der Waals surface area contributed by atoms with E-state index in [1.54, 1.807) is 9.80 Å². The molecule has 0 bridgehead atoms. The lowest BCUT2D eigenvalue weighted by Gasteiger charge is -2.35. The Labute approximate surface area is 143 Å². The number of hydrogen-bond donors (Lipinski definition) is 0. The summed E-state index contributed by atoms with van der Waals surface area (Å²) in [5.74, 6) is 0.325. The topological polar surface area (TPSA) is 74.8 Å². The van der Waals surface area contributed by atoms with Crippen molar-refractivity contribution in [3.63, 3.8) is 0 Å². The third-order valence-corrected chi connectivity index (χ3v) is 5.16. The van der Waals surface area contributed by atoms with E-state index in [0.717, 1.165) is 6.26 Å². The summed E-state index contributed by atoms with van der Waals surface area (Å²) in [4.78, 5) is 28.2. The molecule has 6 nitrogen and oxygen atoms in total. The van der Waals surface area contributed by atoms with Crippen LogP contribution in [-0.2, 0) is 14.6 Å². The Morgan fingerprint density at radius 3 is 1.96 bits per heavy atom. The van der Waals surface area contributed by atoms with Crippen LogP contribution in [-0.4, -0.2) is 62.5 Å². The molecule has 1 fully saturated rings. The molecule has 2 amide bonds. The van der Waals surface area contributed by atoms with E-state index >= 15 is 0 Å². The number of sulfone groups is 1. The molecule has 1 aromatic carbocycles. The van der Waals surface area contributed by atoms with Crippen LogP contribution in [0, 0.1) is 5.92 Å². The Balaban J connectivity index is 1.97. The zero-order chi connectivity index (χ0) is 17.9. The lowest BCUT2D eigenvalue weighted by molar-refractivity contribution is -0.133. The van der Waals surface area contributed by atoms with E-state index in [1.165, 1.54) is 24.3 Å². The summed E-state index contributed by atoms with van der Waals surface area (Å²) in [6.07, 6.45) is 1.66. The Morgan fingerprint density at radius 1 is 1.00 bits per heavy atom. The molecular weight excluding hydrogens is 328 g/mol. The molecule has 0 aromatic heterocycles. The number of rotatable bonds is 4. The molecule has 0 aliphatic carbocycles. The van der Waals surface area contributed by atoms with Crippen molar-refractivity contribution in [3.8, 4) is 0 Å². The van der Waals surface area contributed by atoms with Gasteiger partial charge < -0.3 is 9.80 Å². The molecule has 0 saturated carbocycles. The van der Waals surface area contributed by atoms with Gasteiger partial charge in [-0.2, -0.15) is 0 Å². The van der Waals surface area contributed by atoms with E-state index in [2.05, 4.69) is 0 Å². The number of benzene rings is 1. The summed E-state index contributed by atoms with van der Waals surface area (Å²) < 4.78 is 22.9. The molecule has 132 valence electrons. The second-order valence-electron chi connectivity index (χ2n) is 6.57. The van der Waals surface area contributed by atoms with Crippen LogP contribution < -0.4 is 0 Å². The van der Waals surface area contributed by atoms with Crippen LogP contribution in [0.1, 0.15) is 30.6 Å². The minimum Gasteiger partial charge on any atom is -0.339 e. The molecule has 1 saturated heterocycles. The predicted octanol–water partition coefficient (Wildman–Crippen LogP) is 1.42. The SMILES string of the molecule is CC(C)CC(=O)N1CCN(C(=O)c2ccc(S(C)(=O)=O)cc2)CC1. The molecule has 0 unspecified atom stereocenters. The molecule has 0 N–H and O–H groups in total. The van der Waals surface area contributed by atoms with Crippen molar-refractivity contribution in [1.29, 1.82) is 0 Å². The summed E-state index contributed by atoms with van der Waals surface area (Å²) in [6, 6.07) is 5.97. The Morgan fingerprint density at radius 2 is 1.50 bits per heavy atom. The van der Waals surface area contributed by atoms with Gasteiger partial charge in [0.15, 0.2) is 9.84 Å². The highest BCUT2D eigenvalue weighted by Gasteiger charge is 2.25. The summed E-state index contributed by atoms with van der Waals surface area (Å²) in [5, 5.41) is 0. The van der Waals surface area contributed by atoms with E-state index in [-0.39, 0.29) is 16.7 Å². The van der Waals surface area contributed by atoms with Crippen LogP contribution in [0.4, 0.5) is 0 Å². The molecule has 24 heavy (non-hydrogen) atoms. The van der Waals surface area contributed by atoms with Gasteiger partial charge in [0.1, 0.15) is 0 Å². The summed E-state index contributed by atoms with van der Waals surface area (Å²) in [7, 11) is -3.27. The minimum absolute atomic E-state index is 0.133. The van der Waals surface area contributed by atoms with Crippen molar-refractivity contribution in [2.45, 2.75) is 25.2 Å². The first-order valence-electron chi connectivity index (χ1n) is 8.05. The maximum atomic E-state index is 12.5. The van der Waals surface area contributed by atoms with Crippen molar-refractivity contribution in [2.75, 3.05) is 32.4 Å². The van der Waals surface area contributed by atoms with Gasteiger partial charge in [-0.25, -0.2) is 8.42 Å². The molecule has 7 heteroatoms. The summed E-state index contributed by atoms with van der Waals surface area (Å²) >= 11 is 0. The maximum Gasteiger partial charge on any atom is 0.253 e. The molecule has 0 spiro atoms. The third kappa shape index (κ3) is 4.56. The quantitative estimate of drug-likeness (QED) is 0.821. The highest BCUT2D eigenvalue weighted by Crippen LogP contribution is 2.14. The van der Waals surface area contributed by atoms with Crippen LogP contribution in [0.15, 0.2) is 29.2 Å². The third-order valence-electron chi connectivity index (χ3n) is 4.03. The van der Waals surface area contributed by atoms with Crippen LogP contribution in [0.2, 0.25) is 0 Å². The first kappa shape index (κ1) is 18.4. The fourth-order valence-corrected chi connectivity index (χ4v) is 3.30. The van der Waals surface area contributed by atoms with E-state index < -0.39 is 9.84 Å². The molecule has 2 rings (SSSR count). The number of carbonyl (C=O) groups is 2. The normalized spacial score (nSPS) is 15.7. The number of piperazine rings is 1. The summed E-state index contributed by atoms with van der Waals surface area (Å²) in [6.45, 7) is 6.10. The van der Waals surface area contributed by atoms with Gasteiger partial charge in [-0.05, 0) is 30.2 Å². The van der Waals surface area contributed by atoms with E-state index in [0.29, 0.717) is 44.1 Å². The lowest BCUT2D eigenvalue weighted by Crippen LogP contribution is -2.50. The zero-order valence-corrected chi connectivity index (χ0v) is 15.2. The van der Waals surface area contributed by atoms with Gasteiger partial charge in [-0.15, -0.1) is 0 Å². The average Bonchev–Trinajstić information content (AvgIpc) is 2.53. The second kappa shape index (κ2) is 7.34. The number of hydrogen-bond acceptors (Lipinski definition) is 4. The van der Waals surface area contributed by atoms with Crippen molar-refractivity contribution in [3.05, 3.63) is 29.8 Å². The Bertz CT molecular complexity index is 703. The van der Waals surface area contributed by atoms with Crippen LogP contribution >= 0.6 is 0 Å². The van der Waals surface area contributed by atoms with Gasteiger partial charge in [0.2, 0.25) is 5.91 Å². The molecule has 1 heterocycles. The number of amides is 2. The molecule has 0 radical (unpaired) electrons. The molecular formula is C17H24N2O4S. The van der Waals surface area contributed by atoms with Crippen LogP contribution in [0.25, 0.3) is 0 Å². The Hall–Kier alpha value is -1.89. The lowest BCUT2D eigenvalue weighted by atomic mass is 10.1. The second-order valence-corrected chi connectivity index (χ2v) is 8.58. The Kier molecular flexibility index (Phi) is 5.64. The van der Waals surface area contributed by atoms with E-state index in [4.69, 9.17) is 0 Å². The van der Waals surface area contributed by atoms with Crippen molar-refractivity contribution in [1.82, 2.24) is 9.80 Å². The van der Waals surface area contributed by atoms with E-state index in [1.807, 2.05) is 13.8 Å². The molecule has 1 aliphatic heterocycles. The van der Waals surface area contributed by atoms with Gasteiger partial charge in [0, 0.05) is 44.4 Å². The minimum atomic E-state index is -3.27. The molecule has 1 aromatic rings. The maximum absolute atomic E-state index is 12.5. The van der Waals surface area contributed by atoms with E-state index in [9.17, 15) is 18.0 Å². The molecule has 1 aliphatic rings. The van der Waals surface area contributed by atoms with Crippen molar-refractivity contribution >= 4 is 21.7 Å². The first-order valence-corrected chi connectivity index (χ1v) is 9.95. The first-order chi connectivity index (χ1) is 11.2. The monoisotopic (exact) mass is 352 g/mol. The number of carbonyl (C=O) groups excluding carboxylic acids is 2. The largest absolute Gasteiger partial charge is 0.339 e. The number of nitrogens with zero attached hydrogens (tertiary/aromatic N) is 2. The van der Waals surface area contributed by atoms with Gasteiger partial charge in [0.25, 0.3) is 5.91 Å². The predicted molar refractivity (Wildman–Crippen MR) is 91.5 cm³/mol. The van der Waals surface area contributed by atoms with Crippen LogP contribution in [0.3, 0.4) is 0 Å². The van der Waals surface area contributed by atoms with Gasteiger partial charge in [0.05, 0.1) is 4.90 Å².